The molecule has 6 rings (SSSR count). The Hall–Kier alpha value is -4.19. The van der Waals surface area contributed by atoms with Gasteiger partial charge in [0.1, 0.15) is 17.1 Å². The summed E-state index contributed by atoms with van der Waals surface area (Å²) < 4.78 is 11.5. The molecule has 5 aromatic rings. The minimum Gasteiger partial charge on any atom is -0.507 e. The van der Waals surface area contributed by atoms with Crippen LogP contribution in [0.2, 0.25) is 0 Å². The van der Waals surface area contributed by atoms with E-state index in [2.05, 4.69) is 45.3 Å². The van der Waals surface area contributed by atoms with E-state index >= 15 is 0 Å². The van der Waals surface area contributed by atoms with Gasteiger partial charge in [-0.2, -0.15) is 9.97 Å². The summed E-state index contributed by atoms with van der Waals surface area (Å²) in [4.78, 5) is 13.4. The molecule has 156 valence electrons. The van der Waals surface area contributed by atoms with Crippen molar-refractivity contribution < 1.29 is 14.3 Å². The van der Waals surface area contributed by atoms with Gasteiger partial charge in [0.25, 0.3) is 0 Å². The molecule has 0 radical (unpaired) electrons. The van der Waals surface area contributed by atoms with E-state index in [-0.39, 0.29) is 11.8 Å². The van der Waals surface area contributed by atoms with Gasteiger partial charge in [-0.05, 0) is 47.9 Å². The monoisotopic (exact) mass is 421 g/mol. The number of hydrogen-bond acceptors (Lipinski definition) is 6. The normalized spacial score (nSPS) is 13.2. The van der Waals surface area contributed by atoms with Crippen LogP contribution in [0.4, 0.5) is 0 Å². The molecule has 0 saturated carbocycles. The highest BCUT2D eigenvalue weighted by molar-refractivity contribution is 6.09. The molecule has 2 heterocycles. The molecule has 0 unspecified atom stereocenters. The van der Waals surface area contributed by atoms with E-state index in [0.29, 0.717) is 17.2 Å². The molecule has 1 aliphatic carbocycles. The van der Waals surface area contributed by atoms with Gasteiger partial charge < -0.3 is 14.3 Å². The molecule has 0 fully saturated rings. The number of aromatic nitrogens is 3. The fraction of sp³-hybridized carbons (Fsp3) is 0.115. The molecule has 6 heteroatoms. The second kappa shape index (κ2) is 7.20. The van der Waals surface area contributed by atoms with Crippen molar-refractivity contribution in [1.82, 2.24) is 15.0 Å². The Morgan fingerprint density at radius 1 is 0.875 bits per heavy atom. The number of furan rings is 1. The number of aryl methyl sites for hydroxylation is 1. The van der Waals surface area contributed by atoms with Gasteiger partial charge in [-0.15, -0.1) is 0 Å². The highest BCUT2D eigenvalue weighted by Gasteiger charge is 2.23. The lowest BCUT2D eigenvalue weighted by molar-refractivity contribution is 0.378. The number of phenols is 1. The average Bonchev–Trinajstić information content (AvgIpc) is 3.22. The second-order valence-corrected chi connectivity index (χ2v) is 7.76. The van der Waals surface area contributed by atoms with Gasteiger partial charge in [-0.1, -0.05) is 42.5 Å². The molecule has 3 aromatic carbocycles. The van der Waals surface area contributed by atoms with Crippen LogP contribution >= 0.6 is 0 Å². The number of ether oxygens (including phenoxy) is 1. The molecular weight excluding hydrogens is 402 g/mol. The maximum Gasteiger partial charge on any atom is 0.320 e. The van der Waals surface area contributed by atoms with Gasteiger partial charge >= 0.3 is 6.01 Å². The lowest BCUT2D eigenvalue weighted by Crippen LogP contribution is -2.05. The molecule has 6 nitrogen and oxygen atoms in total. The van der Waals surface area contributed by atoms with Crippen molar-refractivity contribution >= 4 is 33.4 Å². The van der Waals surface area contributed by atoms with E-state index in [4.69, 9.17) is 9.15 Å². The number of phenolic OH excluding ortho intramolecular Hbond substituents is 1. The number of fused-ring (bicyclic) bond motifs is 5. The third kappa shape index (κ3) is 2.92. The van der Waals surface area contributed by atoms with Crippen LogP contribution < -0.4 is 4.74 Å². The van der Waals surface area contributed by atoms with Crippen molar-refractivity contribution in [2.45, 2.75) is 12.8 Å². The maximum absolute atomic E-state index is 10.3. The van der Waals surface area contributed by atoms with Crippen LogP contribution in [-0.2, 0) is 6.42 Å². The van der Waals surface area contributed by atoms with Crippen molar-refractivity contribution in [3.63, 3.8) is 0 Å². The van der Waals surface area contributed by atoms with Crippen LogP contribution in [0.25, 0.3) is 44.8 Å². The lowest BCUT2D eigenvalue weighted by atomic mass is 9.93. The average molecular weight is 421 g/mol. The quantitative estimate of drug-likeness (QED) is 0.406. The van der Waals surface area contributed by atoms with E-state index in [9.17, 15) is 5.11 Å². The number of methoxy groups -OCH3 is 1. The first-order chi connectivity index (χ1) is 15.7. The lowest BCUT2D eigenvalue weighted by Gasteiger charge is -2.13. The zero-order valence-electron chi connectivity index (χ0n) is 17.4. The summed E-state index contributed by atoms with van der Waals surface area (Å²) in [5, 5.41) is 13.8. The van der Waals surface area contributed by atoms with Crippen LogP contribution in [0.15, 0.2) is 65.1 Å². The molecule has 0 atom stereocenters. The van der Waals surface area contributed by atoms with E-state index in [1.165, 1.54) is 28.8 Å². The van der Waals surface area contributed by atoms with Crippen LogP contribution in [0, 0.1) is 0 Å². The zero-order chi connectivity index (χ0) is 21.7. The Balaban J connectivity index is 1.50. The number of benzene rings is 3. The number of aromatic hydroxyl groups is 1. The number of rotatable bonds is 3. The Kier molecular flexibility index (Phi) is 4.18. The second-order valence-electron chi connectivity index (χ2n) is 7.76. The number of para-hydroxylation sites is 1. The topological polar surface area (TPSA) is 81.3 Å². The number of allylic oxidation sites excluding steroid dienone is 1. The fourth-order valence-electron chi connectivity index (χ4n) is 4.36. The highest BCUT2D eigenvalue weighted by Crippen LogP contribution is 2.39. The fourth-order valence-corrected chi connectivity index (χ4v) is 4.36. The zero-order valence-corrected chi connectivity index (χ0v) is 17.4. The minimum absolute atomic E-state index is 0.107. The highest BCUT2D eigenvalue weighted by atomic mass is 16.5. The van der Waals surface area contributed by atoms with E-state index in [0.717, 1.165) is 29.8 Å². The largest absolute Gasteiger partial charge is 0.507 e. The molecule has 0 bridgehead atoms. The summed E-state index contributed by atoms with van der Waals surface area (Å²) in [6.07, 6.45) is 3.59. The molecule has 2 aromatic heterocycles. The first-order valence-electron chi connectivity index (χ1n) is 10.4. The molecule has 32 heavy (non-hydrogen) atoms. The third-order valence-corrected chi connectivity index (χ3v) is 5.89. The maximum atomic E-state index is 10.3. The Morgan fingerprint density at radius 2 is 1.69 bits per heavy atom. The van der Waals surface area contributed by atoms with Crippen molar-refractivity contribution in [2.75, 3.05) is 7.11 Å². The van der Waals surface area contributed by atoms with Crippen LogP contribution in [-0.4, -0.2) is 27.2 Å². The summed E-state index contributed by atoms with van der Waals surface area (Å²) in [5.41, 5.74) is 3.57. The minimum atomic E-state index is 0.107. The molecule has 0 amide bonds. The van der Waals surface area contributed by atoms with Crippen LogP contribution in [0.5, 0.6) is 11.8 Å². The smallest absolute Gasteiger partial charge is 0.320 e. The standard InChI is InChI=1S/C26H19N3O3/c1-31-26-28-24(27-25(29-26)18-8-4-5-9-20(18)30)16-10-12-19-22(14-16)32-21-13-11-15-6-2-3-7-17(15)23(19)21/h2-9,11,13-14,30H,10,12H2,1H3. The number of hydrogen-bond donors (Lipinski definition) is 1. The third-order valence-electron chi connectivity index (χ3n) is 5.89. The SMILES string of the molecule is COc1nc(C2=Cc3oc4ccc5ccccc5c4c3CC2)nc(-c2ccccc2O)n1. The summed E-state index contributed by atoms with van der Waals surface area (Å²) >= 11 is 0. The Bertz CT molecular complexity index is 1530. The summed E-state index contributed by atoms with van der Waals surface area (Å²) in [6, 6.07) is 19.7. The van der Waals surface area contributed by atoms with E-state index in [1.54, 1.807) is 18.2 Å². The van der Waals surface area contributed by atoms with Crippen molar-refractivity contribution in [2.24, 2.45) is 0 Å². The summed E-state index contributed by atoms with van der Waals surface area (Å²) in [5.74, 6) is 1.83. The first kappa shape index (κ1) is 18.6. The van der Waals surface area contributed by atoms with Gasteiger partial charge in [0.15, 0.2) is 11.6 Å². The Labute approximate surface area is 183 Å². The van der Waals surface area contributed by atoms with Crippen molar-refractivity contribution in [3.8, 4) is 23.1 Å². The first-order valence-corrected chi connectivity index (χ1v) is 10.4. The Morgan fingerprint density at radius 3 is 2.56 bits per heavy atom. The van der Waals surface area contributed by atoms with Gasteiger partial charge in [-0.3, -0.25) is 0 Å². The molecule has 0 spiro atoms. The molecular formula is C26H19N3O3. The van der Waals surface area contributed by atoms with Crippen LogP contribution in [0.1, 0.15) is 23.6 Å². The van der Waals surface area contributed by atoms with Gasteiger partial charge in [-0.25, -0.2) is 4.98 Å². The predicted molar refractivity (Wildman–Crippen MR) is 123 cm³/mol. The van der Waals surface area contributed by atoms with Gasteiger partial charge in [0.2, 0.25) is 0 Å². The summed E-state index contributed by atoms with van der Waals surface area (Å²) in [7, 11) is 1.52. The predicted octanol–water partition coefficient (Wildman–Crippen LogP) is 5.64. The van der Waals surface area contributed by atoms with E-state index < -0.39 is 0 Å². The molecule has 1 N–H and O–H groups in total. The number of nitrogens with zero attached hydrogens (tertiary/aromatic N) is 3. The van der Waals surface area contributed by atoms with E-state index in [1.807, 2.05) is 18.2 Å². The van der Waals surface area contributed by atoms with Crippen LogP contribution in [0.3, 0.4) is 0 Å². The summed E-state index contributed by atoms with van der Waals surface area (Å²) in [6.45, 7) is 0. The van der Waals surface area contributed by atoms with Gasteiger partial charge in [0.05, 0.1) is 12.7 Å². The molecule has 0 saturated heterocycles. The molecule has 1 aliphatic rings. The van der Waals surface area contributed by atoms with Crippen molar-refractivity contribution in [3.05, 3.63) is 77.8 Å². The van der Waals surface area contributed by atoms with Gasteiger partial charge in [0, 0.05) is 16.5 Å². The van der Waals surface area contributed by atoms with Crippen molar-refractivity contribution in [1.29, 1.82) is 0 Å². The molecule has 0 aliphatic heterocycles.